The Morgan fingerprint density at radius 3 is 2.57 bits per heavy atom. The first-order valence-electron chi connectivity index (χ1n) is 7.09. The van der Waals surface area contributed by atoms with E-state index in [2.05, 4.69) is 20.5 Å². The molecule has 0 aromatic carbocycles. The summed E-state index contributed by atoms with van der Waals surface area (Å²) in [5.74, 6) is -1.64. The molecule has 1 aliphatic rings. The van der Waals surface area contributed by atoms with Gasteiger partial charge in [0.05, 0.1) is 5.92 Å². The molecule has 2 unspecified atom stereocenters. The lowest BCUT2D eigenvalue weighted by Gasteiger charge is -2.33. The van der Waals surface area contributed by atoms with Crippen molar-refractivity contribution in [3.8, 4) is 0 Å². The van der Waals surface area contributed by atoms with Gasteiger partial charge in [-0.1, -0.05) is 26.7 Å². The summed E-state index contributed by atoms with van der Waals surface area (Å²) in [5.41, 5.74) is 0. The minimum absolute atomic E-state index is 0.0552. The van der Waals surface area contributed by atoms with Gasteiger partial charge in [0.1, 0.15) is 5.82 Å². The maximum absolute atomic E-state index is 13.0. The normalized spacial score (nSPS) is 23.3. The molecule has 0 saturated heterocycles. The second-order valence-electron chi connectivity index (χ2n) is 5.71. The molecule has 8 heteroatoms. The van der Waals surface area contributed by atoms with Crippen molar-refractivity contribution in [1.82, 2.24) is 20.5 Å². The Bertz CT molecular complexity index is 498. The van der Waals surface area contributed by atoms with Crippen molar-refractivity contribution >= 4 is 5.91 Å². The van der Waals surface area contributed by atoms with E-state index in [1.807, 2.05) is 13.8 Å². The second-order valence-corrected chi connectivity index (χ2v) is 5.71. The second kappa shape index (κ2) is 6.03. The van der Waals surface area contributed by atoms with Gasteiger partial charge in [-0.05, 0) is 12.8 Å². The van der Waals surface area contributed by atoms with E-state index >= 15 is 0 Å². The molecule has 2 rings (SSSR count). The maximum Gasteiger partial charge on any atom is 0.393 e. The Kier molecular flexibility index (Phi) is 4.53. The van der Waals surface area contributed by atoms with Crippen LogP contribution in [0.1, 0.15) is 61.9 Å². The molecule has 1 aromatic heterocycles. The summed E-state index contributed by atoms with van der Waals surface area (Å²) in [7, 11) is 0. The number of rotatable bonds is 3. The Balaban J connectivity index is 2.06. The number of hydrogen-bond acceptors (Lipinski definition) is 3. The van der Waals surface area contributed by atoms with Crippen molar-refractivity contribution < 1.29 is 18.0 Å². The summed E-state index contributed by atoms with van der Waals surface area (Å²) < 4.78 is 38.9. The van der Waals surface area contributed by atoms with Gasteiger partial charge >= 0.3 is 6.18 Å². The lowest BCUT2D eigenvalue weighted by atomic mass is 9.84. The zero-order valence-electron chi connectivity index (χ0n) is 12.0. The molecule has 1 aromatic rings. The third-order valence-electron chi connectivity index (χ3n) is 3.76. The van der Waals surface area contributed by atoms with Gasteiger partial charge < -0.3 is 5.32 Å². The quantitative estimate of drug-likeness (QED) is 0.902. The third kappa shape index (κ3) is 3.74. The number of halogens is 3. The molecule has 0 spiro atoms. The summed E-state index contributed by atoms with van der Waals surface area (Å²) >= 11 is 0. The van der Waals surface area contributed by atoms with Gasteiger partial charge in [0.15, 0.2) is 0 Å². The van der Waals surface area contributed by atoms with E-state index in [1.165, 1.54) is 0 Å². The van der Waals surface area contributed by atoms with Crippen LogP contribution in [0.3, 0.4) is 0 Å². The third-order valence-corrected chi connectivity index (χ3v) is 3.76. The minimum Gasteiger partial charge on any atom is -0.346 e. The SMILES string of the molecule is CC(C)c1nc(C(=O)NC2CCCCC2C(F)(F)F)n[nH]1. The van der Waals surface area contributed by atoms with Gasteiger partial charge in [0.2, 0.25) is 5.82 Å². The number of hydrogen-bond donors (Lipinski definition) is 2. The summed E-state index contributed by atoms with van der Waals surface area (Å²) in [6.45, 7) is 3.76. The van der Waals surface area contributed by atoms with E-state index in [0.29, 0.717) is 25.1 Å². The van der Waals surface area contributed by atoms with E-state index in [1.54, 1.807) is 0 Å². The number of alkyl halides is 3. The van der Waals surface area contributed by atoms with E-state index in [9.17, 15) is 18.0 Å². The molecule has 1 heterocycles. The molecule has 118 valence electrons. The van der Waals surface area contributed by atoms with Crippen LogP contribution >= 0.6 is 0 Å². The Morgan fingerprint density at radius 1 is 1.33 bits per heavy atom. The zero-order valence-corrected chi connectivity index (χ0v) is 12.0. The lowest BCUT2D eigenvalue weighted by molar-refractivity contribution is -0.187. The van der Waals surface area contributed by atoms with E-state index in [0.717, 1.165) is 0 Å². The number of H-pyrrole nitrogens is 1. The highest BCUT2D eigenvalue weighted by Crippen LogP contribution is 2.37. The number of aromatic nitrogens is 3. The number of nitrogens with zero attached hydrogens (tertiary/aromatic N) is 2. The Hall–Kier alpha value is -1.60. The van der Waals surface area contributed by atoms with Crippen LogP contribution in [0, 0.1) is 5.92 Å². The van der Waals surface area contributed by atoms with Crippen molar-refractivity contribution in [3.63, 3.8) is 0 Å². The van der Waals surface area contributed by atoms with Crippen LogP contribution in [0.15, 0.2) is 0 Å². The molecular weight excluding hydrogens is 285 g/mol. The number of amides is 1. The zero-order chi connectivity index (χ0) is 15.6. The average Bonchev–Trinajstić information content (AvgIpc) is 2.88. The molecule has 1 amide bonds. The van der Waals surface area contributed by atoms with Crippen LogP contribution in [0.5, 0.6) is 0 Å². The first kappa shape index (κ1) is 15.8. The van der Waals surface area contributed by atoms with Gasteiger partial charge in [-0.25, -0.2) is 4.98 Å². The molecule has 1 aliphatic carbocycles. The fourth-order valence-corrected chi connectivity index (χ4v) is 2.56. The van der Waals surface area contributed by atoms with Crippen molar-refractivity contribution in [2.24, 2.45) is 5.92 Å². The molecule has 2 atom stereocenters. The molecule has 0 bridgehead atoms. The highest BCUT2D eigenvalue weighted by molar-refractivity contribution is 5.90. The van der Waals surface area contributed by atoms with Gasteiger partial charge in [-0.2, -0.15) is 13.2 Å². The number of aromatic amines is 1. The van der Waals surface area contributed by atoms with E-state index in [-0.39, 0.29) is 18.2 Å². The standard InChI is InChI=1S/C13H19F3N4O/c1-7(2)10-18-11(20-19-10)12(21)17-9-6-4-3-5-8(9)13(14,15)16/h7-9H,3-6H2,1-2H3,(H,17,21)(H,18,19,20). The molecule has 5 nitrogen and oxygen atoms in total. The highest BCUT2D eigenvalue weighted by Gasteiger charge is 2.46. The predicted octanol–water partition coefficient (Wildman–Crippen LogP) is 2.78. The Labute approximate surface area is 120 Å². The number of carbonyl (C=O) groups excluding carboxylic acids is 1. The fraction of sp³-hybridized carbons (Fsp3) is 0.769. The monoisotopic (exact) mass is 304 g/mol. The molecular formula is C13H19F3N4O. The smallest absolute Gasteiger partial charge is 0.346 e. The molecule has 1 saturated carbocycles. The van der Waals surface area contributed by atoms with Gasteiger partial charge in [-0.15, -0.1) is 5.10 Å². The average molecular weight is 304 g/mol. The van der Waals surface area contributed by atoms with E-state index < -0.39 is 24.0 Å². The van der Waals surface area contributed by atoms with Gasteiger partial charge in [0, 0.05) is 12.0 Å². The van der Waals surface area contributed by atoms with Crippen molar-refractivity contribution in [2.75, 3.05) is 0 Å². The largest absolute Gasteiger partial charge is 0.393 e. The predicted molar refractivity (Wildman–Crippen MR) is 69.7 cm³/mol. The van der Waals surface area contributed by atoms with Crippen LogP contribution in [0.25, 0.3) is 0 Å². The molecule has 2 N–H and O–H groups in total. The van der Waals surface area contributed by atoms with Crippen LogP contribution in [0.2, 0.25) is 0 Å². The first-order valence-corrected chi connectivity index (χ1v) is 7.09. The lowest BCUT2D eigenvalue weighted by Crippen LogP contribution is -2.47. The summed E-state index contributed by atoms with van der Waals surface area (Å²) in [5, 5.41) is 8.82. The van der Waals surface area contributed by atoms with Gasteiger partial charge in [-0.3, -0.25) is 9.89 Å². The van der Waals surface area contributed by atoms with Crippen molar-refractivity contribution in [2.45, 2.75) is 57.7 Å². The summed E-state index contributed by atoms with van der Waals surface area (Å²) in [4.78, 5) is 16.0. The highest BCUT2D eigenvalue weighted by atomic mass is 19.4. The molecule has 0 radical (unpaired) electrons. The van der Waals surface area contributed by atoms with Crippen LogP contribution < -0.4 is 5.32 Å². The van der Waals surface area contributed by atoms with Crippen LogP contribution in [-0.4, -0.2) is 33.3 Å². The van der Waals surface area contributed by atoms with Crippen molar-refractivity contribution in [1.29, 1.82) is 0 Å². The maximum atomic E-state index is 13.0. The van der Waals surface area contributed by atoms with E-state index in [4.69, 9.17) is 0 Å². The van der Waals surface area contributed by atoms with Crippen LogP contribution in [-0.2, 0) is 0 Å². The van der Waals surface area contributed by atoms with Crippen molar-refractivity contribution in [3.05, 3.63) is 11.6 Å². The first-order chi connectivity index (χ1) is 9.79. The number of carbonyl (C=O) groups is 1. The summed E-state index contributed by atoms with van der Waals surface area (Å²) in [6.07, 6.45) is -2.69. The van der Waals surface area contributed by atoms with Crippen LogP contribution in [0.4, 0.5) is 13.2 Å². The topological polar surface area (TPSA) is 70.7 Å². The Morgan fingerprint density at radius 2 is 2.00 bits per heavy atom. The molecule has 21 heavy (non-hydrogen) atoms. The molecule has 1 fully saturated rings. The van der Waals surface area contributed by atoms with Gasteiger partial charge in [0.25, 0.3) is 5.91 Å². The summed E-state index contributed by atoms with van der Waals surface area (Å²) in [6, 6.07) is -0.896. The number of nitrogens with one attached hydrogen (secondary N) is 2. The minimum atomic E-state index is -4.29. The fourth-order valence-electron chi connectivity index (χ4n) is 2.56. The molecule has 0 aliphatic heterocycles.